The normalized spacial score (nSPS) is 12.4. The van der Waals surface area contributed by atoms with Gasteiger partial charge in [0.25, 0.3) is 0 Å². The van der Waals surface area contributed by atoms with E-state index >= 15 is 0 Å². The van der Waals surface area contributed by atoms with E-state index in [0.29, 0.717) is 0 Å². The summed E-state index contributed by atoms with van der Waals surface area (Å²) in [6, 6.07) is 6.16. The highest BCUT2D eigenvalue weighted by Crippen LogP contribution is 2.30. The molecule has 2 aromatic rings. The maximum atomic E-state index is 5.98. The Labute approximate surface area is 124 Å². The molecule has 0 saturated heterocycles. The van der Waals surface area contributed by atoms with Gasteiger partial charge in [-0.3, -0.25) is 4.98 Å². The van der Waals surface area contributed by atoms with Crippen LogP contribution in [0.1, 0.15) is 41.8 Å². The standard InChI is InChI=1S/C15H22N4S/c1-5-19(9-13-8-6-7-10(2)17-13)15-18-12(4)14(20-15)11(3)16/h6-8,11H,5,9,16H2,1-4H3. The molecule has 0 amide bonds. The lowest BCUT2D eigenvalue weighted by molar-refractivity contribution is 0.797. The SMILES string of the molecule is CCN(Cc1cccc(C)n1)c1nc(C)c(C(C)N)s1. The number of thiazole rings is 1. The molecule has 2 rings (SSSR count). The minimum Gasteiger partial charge on any atom is -0.342 e. The Bertz CT molecular complexity index is 577. The monoisotopic (exact) mass is 290 g/mol. The summed E-state index contributed by atoms with van der Waals surface area (Å²) in [5.41, 5.74) is 9.14. The fraction of sp³-hybridized carbons (Fsp3) is 0.467. The third-order valence-corrected chi connectivity index (χ3v) is 4.61. The molecule has 0 bridgehead atoms. The van der Waals surface area contributed by atoms with Crippen molar-refractivity contribution >= 4 is 16.5 Å². The number of pyridine rings is 1. The third-order valence-electron chi connectivity index (χ3n) is 3.19. The Kier molecular flexibility index (Phi) is 4.73. The van der Waals surface area contributed by atoms with Crippen molar-refractivity contribution in [2.45, 2.75) is 40.3 Å². The molecular weight excluding hydrogens is 268 g/mol. The zero-order chi connectivity index (χ0) is 14.7. The van der Waals surface area contributed by atoms with Crippen molar-refractivity contribution in [3.05, 3.63) is 40.2 Å². The number of anilines is 1. The zero-order valence-corrected chi connectivity index (χ0v) is 13.4. The van der Waals surface area contributed by atoms with Crippen LogP contribution in [0.4, 0.5) is 5.13 Å². The summed E-state index contributed by atoms with van der Waals surface area (Å²) in [6.45, 7) is 9.87. The topological polar surface area (TPSA) is 55.0 Å². The first-order valence-corrected chi connectivity index (χ1v) is 7.73. The van der Waals surface area contributed by atoms with Crippen molar-refractivity contribution < 1.29 is 0 Å². The van der Waals surface area contributed by atoms with E-state index < -0.39 is 0 Å². The third kappa shape index (κ3) is 3.35. The quantitative estimate of drug-likeness (QED) is 0.918. The van der Waals surface area contributed by atoms with Crippen LogP contribution < -0.4 is 10.6 Å². The van der Waals surface area contributed by atoms with E-state index in [4.69, 9.17) is 5.73 Å². The summed E-state index contributed by atoms with van der Waals surface area (Å²) in [5, 5.41) is 1.03. The van der Waals surface area contributed by atoms with E-state index in [2.05, 4.69) is 27.9 Å². The number of hydrogen-bond acceptors (Lipinski definition) is 5. The smallest absolute Gasteiger partial charge is 0.186 e. The van der Waals surface area contributed by atoms with Gasteiger partial charge in [-0.2, -0.15) is 0 Å². The predicted molar refractivity (Wildman–Crippen MR) is 85.2 cm³/mol. The summed E-state index contributed by atoms with van der Waals surface area (Å²) in [7, 11) is 0. The lowest BCUT2D eigenvalue weighted by atomic mass is 10.2. The Morgan fingerprint density at radius 3 is 2.60 bits per heavy atom. The molecule has 0 radical (unpaired) electrons. The van der Waals surface area contributed by atoms with Crippen LogP contribution in [0.5, 0.6) is 0 Å². The first-order chi connectivity index (χ1) is 9.51. The molecule has 0 fully saturated rings. The molecule has 1 unspecified atom stereocenters. The van der Waals surface area contributed by atoms with Crippen LogP contribution >= 0.6 is 11.3 Å². The molecule has 2 heterocycles. The van der Waals surface area contributed by atoms with Gasteiger partial charge in [-0.15, -0.1) is 11.3 Å². The van der Waals surface area contributed by atoms with Crippen LogP contribution in [0.2, 0.25) is 0 Å². The number of aromatic nitrogens is 2. The predicted octanol–water partition coefficient (Wildman–Crippen LogP) is 3.20. The zero-order valence-electron chi connectivity index (χ0n) is 12.6. The number of nitrogens with zero attached hydrogens (tertiary/aromatic N) is 3. The lowest BCUT2D eigenvalue weighted by Crippen LogP contribution is -2.22. The number of hydrogen-bond donors (Lipinski definition) is 1. The number of rotatable bonds is 5. The molecule has 0 spiro atoms. The largest absolute Gasteiger partial charge is 0.342 e. The Balaban J connectivity index is 2.22. The van der Waals surface area contributed by atoms with Crippen molar-refractivity contribution in [1.29, 1.82) is 0 Å². The van der Waals surface area contributed by atoms with Crippen LogP contribution in [0.15, 0.2) is 18.2 Å². The van der Waals surface area contributed by atoms with Crippen LogP contribution in [-0.4, -0.2) is 16.5 Å². The van der Waals surface area contributed by atoms with Crippen LogP contribution in [0.3, 0.4) is 0 Å². The molecule has 2 N–H and O–H groups in total. The summed E-state index contributed by atoms with van der Waals surface area (Å²) >= 11 is 1.69. The highest BCUT2D eigenvalue weighted by Gasteiger charge is 2.15. The molecule has 108 valence electrons. The van der Waals surface area contributed by atoms with Crippen molar-refractivity contribution in [2.75, 3.05) is 11.4 Å². The lowest BCUT2D eigenvalue weighted by Gasteiger charge is -2.19. The maximum absolute atomic E-state index is 5.98. The van der Waals surface area contributed by atoms with Crippen LogP contribution in [0, 0.1) is 13.8 Å². The summed E-state index contributed by atoms with van der Waals surface area (Å²) in [6.07, 6.45) is 0. The van der Waals surface area contributed by atoms with Gasteiger partial charge in [-0.05, 0) is 39.8 Å². The van der Waals surface area contributed by atoms with E-state index in [1.807, 2.05) is 32.9 Å². The van der Waals surface area contributed by atoms with Gasteiger partial charge in [0, 0.05) is 23.2 Å². The number of nitrogens with two attached hydrogens (primary N) is 1. The summed E-state index contributed by atoms with van der Waals surface area (Å²) in [4.78, 5) is 12.6. The molecule has 5 heteroatoms. The molecule has 0 saturated carbocycles. The van der Waals surface area contributed by atoms with E-state index in [1.54, 1.807) is 11.3 Å². The molecule has 1 atom stereocenters. The molecule has 4 nitrogen and oxygen atoms in total. The Hall–Kier alpha value is -1.46. The van der Waals surface area contributed by atoms with Gasteiger partial charge < -0.3 is 10.6 Å². The van der Waals surface area contributed by atoms with Gasteiger partial charge in [-0.25, -0.2) is 4.98 Å². The summed E-state index contributed by atoms with van der Waals surface area (Å²) in [5.74, 6) is 0. The van der Waals surface area contributed by atoms with Crippen molar-refractivity contribution in [2.24, 2.45) is 5.73 Å². The van der Waals surface area contributed by atoms with Crippen LogP contribution in [0.25, 0.3) is 0 Å². The number of aryl methyl sites for hydroxylation is 2. The van der Waals surface area contributed by atoms with E-state index in [0.717, 1.165) is 40.2 Å². The highest BCUT2D eigenvalue weighted by molar-refractivity contribution is 7.15. The van der Waals surface area contributed by atoms with Gasteiger partial charge in [-0.1, -0.05) is 6.07 Å². The molecule has 20 heavy (non-hydrogen) atoms. The molecule has 0 aliphatic heterocycles. The second kappa shape index (κ2) is 6.33. The van der Waals surface area contributed by atoms with Gasteiger partial charge >= 0.3 is 0 Å². The van der Waals surface area contributed by atoms with E-state index in [9.17, 15) is 0 Å². The highest BCUT2D eigenvalue weighted by atomic mass is 32.1. The fourth-order valence-electron chi connectivity index (χ4n) is 2.15. The minimum atomic E-state index is 0.0389. The molecule has 2 aromatic heterocycles. The van der Waals surface area contributed by atoms with Gasteiger partial charge in [0.05, 0.1) is 17.9 Å². The second-order valence-electron chi connectivity index (χ2n) is 5.02. The molecule has 0 aliphatic rings. The minimum absolute atomic E-state index is 0.0389. The first-order valence-electron chi connectivity index (χ1n) is 6.91. The van der Waals surface area contributed by atoms with Crippen LogP contribution in [-0.2, 0) is 6.54 Å². The van der Waals surface area contributed by atoms with Gasteiger partial charge in [0.2, 0.25) is 0 Å². The fourth-order valence-corrected chi connectivity index (χ4v) is 3.23. The molecular formula is C15H22N4S. The average molecular weight is 290 g/mol. The van der Waals surface area contributed by atoms with Gasteiger partial charge in [0.15, 0.2) is 5.13 Å². The van der Waals surface area contributed by atoms with Crippen molar-refractivity contribution in [1.82, 2.24) is 9.97 Å². The van der Waals surface area contributed by atoms with E-state index in [1.165, 1.54) is 0 Å². The molecule has 0 aromatic carbocycles. The summed E-state index contributed by atoms with van der Waals surface area (Å²) < 4.78 is 0. The first kappa shape index (κ1) is 14.9. The van der Waals surface area contributed by atoms with Crippen molar-refractivity contribution in [3.63, 3.8) is 0 Å². The van der Waals surface area contributed by atoms with E-state index in [-0.39, 0.29) is 6.04 Å². The van der Waals surface area contributed by atoms with Gasteiger partial charge in [0.1, 0.15) is 0 Å². The Morgan fingerprint density at radius 2 is 2.05 bits per heavy atom. The maximum Gasteiger partial charge on any atom is 0.186 e. The average Bonchev–Trinajstić information content (AvgIpc) is 2.78. The molecule has 0 aliphatic carbocycles. The Morgan fingerprint density at radius 1 is 1.30 bits per heavy atom. The van der Waals surface area contributed by atoms with Crippen molar-refractivity contribution in [3.8, 4) is 0 Å². The second-order valence-corrected chi connectivity index (χ2v) is 6.03.